The molecular formula is C12H18ClN5O. The Balaban J connectivity index is 2.47. The number of nitrogens with zero attached hydrogens (tertiary/aromatic N) is 4. The van der Waals surface area contributed by atoms with Gasteiger partial charge in [-0.3, -0.25) is 0 Å². The highest BCUT2D eigenvalue weighted by Crippen LogP contribution is 2.22. The molecule has 2 N–H and O–H groups in total. The SMILES string of the molecule is CCCn1cnc2nc(Cl)nc(NC(CC)CO)c21. The molecule has 104 valence electrons. The van der Waals surface area contributed by atoms with Gasteiger partial charge in [-0.05, 0) is 24.4 Å². The molecule has 0 radical (unpaired) electrons. The molecule has 0 aliphatic heterocycles. The highest BCUT2D eigenvalue weighted by atomic mass is 35.5. The van der Waals surface area contributed by atoms with Crippen LogP contribution in [0.25, 0.3) is 11.2 Å². The van der Waals surface area contributed by atoms with Crippen LogP contribution in [0.2, 0.25) is 5.28 Å². The third-order valence-corrected chi connectivity index (χ3v) is 3.13. The van der Waals surface area contributed by atoms with Gasteiger partial charge < -0.3 is 15.0 Å². The van der Waals surface area contributed by atoms with Crippen molar-refractivity contribution in [2.75, 3.05) is 11.9 Å². The lowest BCUT2D eigenvalue weighted by molar-refractivity contribution is 0.271. The second-order valence-electron chi connectivity index (χ2n) is 4.38. The molecule has 2 aromatic rings. The van der Waals surface area contributed by atoms with E-state index in [9.17, 15) is 5.11 Å². The number of aliphatic hydroxyl groups excluding tert-OH is 1. The first-order valence-corrected chi connectivity index (χ1v) is 6.83. The molecule has 0 aliphatic rings. The van der Waals surface area contributed by atoms with E-state index in [2.05, 4.69) is 27.2 Å². The van der Waals surface area contributed by atoms with Crippen molar-refractivity contribution in [1.82, 2.24) is 19.5 Å². The van der Waals surface area contributed by atoms with Crippen molar-refractivity contribution in [2.45, 2.75) is 39.3 Å². The summed E-state index contributed by atoms with van der Waals surface area (Å²) in [6.45, 7) is 4.98. The highest BCUT2D eigenvalue weighted by Gasteiger charge is 2.15. The minimum absolute atomic E-state index is 0.0432. The lowest BCUT2D eigenvalue weighted by Crippen LogP contribution is -2.23. The van der Waals surface area contributed by atoms with Crippen LogP contribution in [0.15, 0.2) is 6.33 Å². The minimum Gasteiger partial charge on any atom is -0.394 e. The highest BCUT2D eigenvalue weighted by molar-refractivity contribution is 6.28. The first kappa shape index (κ1) is 14.0. The Labute approximate surface area is 116 Å². The Morgan fingerprint density at radius 2 is 2.21 bits per heavy atom. The van der Waals surface area contributed by atoms with Gasteiger partial charge in [0, 0.05) is 6.54 Å². The van der Waals surface area contributed by atoms with Crippen LogP contribution in [0, 0.1) is 0 Å². The quantitative estimate of drug-likeness (QED) is 0.794. The molecule has 0 saturated heterocycles. The van der Waals surface area contributed by atoms with Crippen molar-refractivity contribution in [3.63, 3.8) is 0 Å². The predicted octanol–water partition coefficient (Wildman–Crippen LogP) is 2.07. The lowest BCUT2D eigenvalue weighted by atomic mass is 10.2. The third kappa shape index (κ3) is 2.96. The smallest absolute Gasteiger partial charge is 0.226 e. The summed E-state index contributed by atoms with van der Waals surface area (Å²) in [7, 11) is 0. The molecule has 0 fully saturated rings. The molecule has 2 aromatic heterocycles. The van der Waals surface area contributed by atoms with E-state index in [0.717, 1.165) is 24.9 Å². The lowest BCUT2D eigenvalue weighted by Gasteiger charge is -2.16. The van der Waals surface area contributed by atoms with E-state index in [1.54, 1.807) is 6.33 Å². The maximum Gasteiger partial charge on any atom is 0.226 e. The molecule has 7 heteroatoms. The summed E-state index contributed by atoms with van der Waals surface area (Å²) in [6, 6.07) is -0.0563. The Morgan fingerprint density at radius 3 is 2.84 bits per heavy atom. The summed E-state index contributed by atoms with van der Waals surface area (Å²) in [4.78, 5) is 12.6. The first-order chi connectivity index (χ1) is 9.19. The van der Waals surface area contributed by atoms with E-state index in [-0.39, 0.29) is 17.9 Å². The zero-order valence-corrected chi connectivity index (χ0v) is 11.9. The fraction of sp³-hybridized carbons (Fsp3) is 0.583. The first-order valence-electron chi connectivity index (χ1n) is 6.45. The van der Waals surface area contributed by atoms with Gasteiger partial charge in [0.25, 0.3) is 0 Å². The summed E-state index contributed by atoms with van der Waals surface area (Å²) >= 11 is 5.91. The van der Waals surface area contributed by atoms with Crippen molar-refractivity contribution >= 4 is 28.6 Å². The number of hydrogen-bond donors (Lipinski definition) is 2. The van der Waals surface area contributed by atoms with Crippen LogP contribution >= 0.6 is 11.6 Å². The zero-order chi connectivity index (χ0) is 13.8. The van der Waals surface area contributed by atoms with Gasteiger partial charge in [0.15, 0.2) is 11.5 Å². The van der Waals surface area contributed by atoms with Crippen molar-refractivity contribution < 1.29 is 5.11 Å². The number of imidazole rings is 1. The molecule has 0 bridgehead atoms. The van der Waals surface area contributed by atoms with Gasteiger partial charge >= 0.3 is 0 Å². The number of aromatic nitrogens is 4. The number of aryl methyl sites for hydroxylation is 1. The van der Waals surface area contributed by atoms with Crippen molar-refractivity contribution in [3.8, 4) is 0 Å². The Bertz CT molecular complexity index is 552. The van der Waals surface area contributed by atoms with Crippen LogP contribution in [0.4, 0.5) is 5.82 Å². The molecule has 0 aromatic carbocycles. The van der Waals surface area contributed by atoms with Gasteiger partial charge in [-0.2, -0.15) is 9.97 Å². The standard InChI is InChI=1S/C12H18ClN5O/c1-3-5-18-7-14-10-9(18)11(17-12(13)16-10)15-8(4-2)6-19/h7-8,19H,3-6H2,1-2H3,(H,15,16,17). The van der Waals surface area contributed by atoms with Crippen LogP contribution in [0.5, 0.6) is 0 Å². The monoisotopic (exact) mass is 283 g/mol. The second kappa shape index (κ2) is 6.16. The van der Waals surface area contributed by atoms with Crippen molar-refractivity contribution in [2.24, 2.45) is 0 Å². The van der Waals surface area contributed by atoms with Gasteiger partial charge in [-0.15, -0.1) is 0 Å². The maximum absolute atomic E-state index is 9.29. The van der Waals surface area contributed by atoms with Crippen molar-refractivity contribution in [3.05, 3.63) is 11.6 Å². The number of anilines is 1. The van der Waals surface area contributed by atoms with E-state index in [1.807, 2.05) is 11.5 Å². The normalized spacial score (nSPS) is 12.8. The minimum atomic E-state index is -0.0563. The van der Waals surface area contributed by atoms with E-state index in [0.29, 0.717) is 11.5 Å². The number of hydrogen-bond acceptors (Lipinski definition) is 5. The fourth-order valence-electron chi connectivity index (χ4n) is 1.93. The van der Waals surface area contributed by atoms with Gasteiger partial charge in [0.1, 0.15) is 5.52 Å². The topological polar surface area (TPSA) is 75.9 Å². The van der Waals surface area contributed by atoms with Gasteiger partial charge in [-0.25, -0.2) is 4.98 Å². The van der Waals surface area contributed by atoms with Gasteiger partial charge in [0.05, 0.1) is 19.0 Å². The largest absolute Gasteiger partial charge is 0.394 e. The number of nitrogens with one attached hydrogen (secondary N) is 1. The number of fused-ring (bicyclic) bond motifs is 1. The van der Waals surface area contributed by atoms with Crippen LogP contribution in [-0.2, 0) is 6.54 Å². The van der Waals surface area contributed by atoms with Gasteiger partial charge in [0.2, 0.25) is 5.28 Å². The van der Waals surface area contributed by atoms with Crippen LogP contribution < -0.4 is 5.32 Å². The molecule has 0 spiro atoms. The second-order valence-corrected chi connectivity index (χ2v) is 4.72. The third-order valence-electron chi connectivity index (χ3n) is 2.96. The Morgan fingerprint density at radius 1 is 1.42 bits per heavy atom. The molecule has 1 unspecified atom stereocenters. The Hall–Kier alpha value is -1.40. The van der Waals surface area contributed by atoms with Gasteiger partial charge in [-0.1, -0.05) is 13.8 Å². The summed E-state index contributed by atoms with van der Waals surface area (Å²) in [5, 5.41) is 12.6. The Kier molecular flexibility index (Phi) is 4.55. The zero-order valence-electron chi connectivity index (χ0n) is 11.1. The number of rotatable bonds is 6. The van der Waals surface area contributed by atoms with E-state index >= 15 is 0 Å². The average molecular weight is 284 g/mol. The number of aliphatic hydroxyl groups is 1. The summed E-state index contributed by atoms with van der Waals surface area (Å²) in [5.74, 6) is 0.627. The van der Waals surface area contributed by atoms with Crippen LogP contribution in [-0.4, -0.2) is 37.3 Å². The van der Waals surface area contributed by atoms with E-state index < -0.39 is 0 Å². The van der Waals surface area contributed by atoms with E-state index in [4.69, 9.17) is 11.6 Å². The molecule has 19 heavy (non-hydrogen) atoms. The van der Waals surface area contributed by atoms with Crippen molar-refractivity contribution in [1.29, 1.82) is 0 Å². The molecule has 0 amide bonds. The summed E-state index contributed by atoms with van der Waals surface area (Å²) in [6.07, 6.45) is 3.52. The molecule has 0 aliphatic carbocycles. The fourth-order valence-corrected chi connectivity index (χ4v) is 2.10. The predicted molar refractivity (Wildman–Crippen MR) is 75.4 cm³/mol. The molecule has 0 saturated carbocycles. The van der Waals surface area contributed by atoms with Crippen LogP contribution in [0.3, 0.4) is 0 Å². The average Bonchev–Trinajstić information content (AvgIpc) is 2.79. The maximum atomic E-state index is 9.29. The molecule has 1 atom stereocenters. The van der Waals surface area contributed by atoms with E-state index in [1.165, 1.54) is 0 Å². The number of halogens is 1. The molecule has 2 heterocycles. The molecule has 2 rings (SSSR count). The summed E-state index contributed by atoms with van der Waals surface area (Å²) in [5.41, 5.74) is 1.40. The van der Waals surface area contributed by atoms with Crippen LogP contribution in [0.1, 0.15) is 26.7 Å². The molecule has 6 nitrogen and oxygen atoms in total. The summed E-state index contributed by atoms with van der Waals surface area (Å²) < 4.78 is 2.00. The molecular weight excluding hydrogens is 266 g/mol.